The number of amides is 1. The number of hydrogen-bond donors (Lipinski definition) is 2. The third-order valence-electron chi connectivity index (χ3n) is 4.69. The highest BCUT2D eigenvalue weighted by atomic mass is 19.1. The quantitative estimate of drug-likeness (QED) is 0.894. The maximum Gasteiger partial charge on any atom is 0.225 e. The van der Waals surface area contributed by atoms with Crippen molar-refractivity contribution >= 4 is 11.6 Å². The van der Waals surface area contributed by atoms with Crippen molar-refractivity contribution in [2.45, 2.75) is 39.2 Å². The van der Waals surface area contributed by atoms with Crippen LogP contribution in [0.5, 0.6) is 0 Å². The van der Waals surface area contributed by atoms with Crippen molar-refractivity contribution < 1.29 is 9.18 Å². The van der Waals surface area contributed by atoms with Crippen LogP contribution in [0.2, 0.25) is 0 Å². The van der Waals surface area contributed by atoms with Crippen LogP contribution < -0.4 is 10.6 Å². The minimum atomic E-state index is -0.286. The maximum absolute atomic E-state index is 14.6. The molecule has 1 unspecified atom stereocenters. The van der Waals surface area contributed by atoms with Crippen LogP contribution in [0.25, 0.3) is 0 Å². The highest BCUT2D eigenvalue weighted by Gasteiger charge is 2.19. The fraction of sp³-hybridized carbons (Fsp3) is 0.350. The second-order valence-corrected chi connectivity index (χ2v) is 6.50. The number of fused-ring (bicyclic) bond motifs is 1. The van der Waals surface area contributed by atoms with Crippen molar-refractivity contribution in [3.05, 3.63) is 64.5 Å². The Kier molecular flexibility index (Phi) is 4.95. The summed E-state index contributed by atoms with van der Waals surface area (Å²) in [5.74, 6) is -0.347. The van der Waals surface area contributed by atoms with E-state index in [9.17, 15) is 9.18 Å². The van der Waals surface area contributed by atoms with Crippen molar-refractivity contribution in [1.29, 1.82) is 0 Å². The lowest BCUT2D eigenvalue weighted by atomic mass is 9.93. The van der Waals surface area contributed by atoms with Crippen molar-refractivity contribution in [3.8, 4) is 0 Å². The Labute approximate surface area is 142 Å². The van der Waals surface area contributed by atoms with Gasteiger partial charge in [-0.2, -0.15) is 0 Å². The Morgan fingerprint density at radius 2 is 2.08 bits per heavy atom. The molecule has 1 aliphatic heterocycles. The summed E-state index contributed by atoms with van der Waals surface area (Å²) in [6, 6.07) is 11.6. The summed E-state index contributed by atoms with van der Waals surface area (Å²) >= 11 is 0. The number of anilines is 1. The Hall–Kier alpha value is -2.20. The smallest absolute Gasteiger partial charge is 0.225 e. The molecule has 3 rings (SSSR count). The van der Waals surface area contributed by atoms with Crippen LogP contribution in [-0.4, -0.2) is 12.5 Å². The summed E-state index contributed by atoms with van der Waals surface area (Å²) in [4.78, 5) is 12.3. The van der Waals surface area contributed by atoms with Crippen LogP contribution >= 0.6 is 0 Å². The Balaban J connectivity index is 1.70. The first-order valence-electron chi connectivity index (χ1n) is 8.42. The van der Waals surface area contributed by atoms with E-state index in [2.05, 4.69) is 10.6 Å². The second-order valence-electron chi connectivity index (χ2n) is 6.50. The standard InChI is InChI=1S/C20H23FN2O/c1-13-5-3-4-6-16(13)14(2)11-19(24)23-18-8-7-15-12-22-10-9-17(15)20(18)21/h3-8,14,22H,9-12H2,1-2H3,(H,23,24). The zero-order chi connectivity index (χ0) is 17.1. The van der Waals surface area contributed by atoms with Crippen LogP contribution in [0.15, 0.2) is 36.4 Å². The molecule has 1 heterocycles. The average Bonchev–Trinajstić information content (AvgIpc) is 2.58. The number of rotatable bonds is 4. The highest BCUT2D eigenvalue weighted by molar-refractivity contribution is 5.91. The maximum atomic E-state index is 14.6. The van der Waals surface area contributed by atoms with E-state index >= 15 is 0 Å². The molecule has 0 saturated carbocycles. The Morgan fingerprint density at radius 3 is 2.88 bits per heavy atom. The largest absolute Gasteiger partial charge is 0.324 e. The lowest BCUT2D eigenvalue weighted by molar-refractivity contribution is -0.116. The highest BCUT2D eigenvalue weighted by Crippen LogP contribution is 2.26. The number of hydrogen-bond acceptors (Lipinski definition) is 2. The van der Waals surface area contributed by atoms with Gasteiger partial charge in [0, 0.05) is 13.0 Å². The van der Waals surface area contributed by atoms with Crippen LogP contribution in [0.1, 0.15) is 41.5 Å². The van der Waals surface area contributed by atoms with Crippen molar-refractivity contribution in [2.24, 2.45) is 0 Å². The molecule has 0 aliphatic carbocycles. The van der Waals surface area contributed by atoms with Gasteiger partial charge in [0.25, 0.3) is 0 Å². The molecule has 24 heavy (non-hydrogen) atoms. The van der Waals surface area contributed by atoms with Gasteiger partial charge in [0.05, 0.1) is 5.69 Å². The number of halogens is 1. The topological polar surface area (TPSA) is 41.1 Å². The molecular formula is C20H23FN2O. The lowest BCUT2D eigenvalue weighted by Crippen LogP contribution is -2.25. The number of aryl methyl sites for hydroxylation is 1. The van der Waals surface area contributed by atoms with Crippen LogP contribution in [0, 0.1) is 12.7 Å². The minimum Gasteiger partial charge on any atom is -0.324 e. The first-order chi connectivity index (χ1) is 11.6. The van der Waals surface area contributed by atoms with E-state index in [4.69, 9.17) is 0 Å². The van der Waals surface area contributed by atoms with Gasteiger partial charge >= 0.3 is 0 Å². The van der Waals surface area contributed by atoms with Gasteiger partial charge in [-0.3, -0.25) is 4.79 Å². The van der Waals surface area contributed by atoms with Crippen molar-refractivity contribution in [2.75, 3.05) is 11.9 Å². The summed E-state index contributed by atoms with van der Waals surface area (Å²) in [6.45, 7) is 5.52. The molecule has 0 saturated heterocycles. The van der Waals surface area contributed by atoms with Crippen LogP contribution in [0.4, 0.5) is 10.1 Å². The second kappa shape index (κ2) is 7.14. The Bertz CT molecular complexity index is 757. The zero-order valence-corrected chi connectivity index (χ0v) is 14.2. The predicted octanol–water partition coefficient (Wildman–Crippen LogP) is 3.91. The molecule has 2 aromatic carbocycles. The van der Waals surface area contributed by atoms with E-state index in [1.54, 1.807) is 6.07 Å². The molecule has 2 aromatic rings. The van der Waals surface area contributed by atoms with Gasteiger partial charge in [-0.1, -0.05) is 37.3 Å². The molecule has 0 bridgehead atoms. The fourth-order valence-corrected chi connectivity index (χ4v) is 3.36. The van der Waals surface area contributed by atoms with Gasteiger partial charge in [0.2, 0.25) is 5.91 Å². The predicted molar refractivity (Wildman–Crippen MR) is 94.7 cm³/mol. The summed E-state index contributed by atoms with van der Waals surface area (Å²) in [5, 5.41) is 5.97. The molecule has 3 nitrogen and oxygen atoms in total. The molecule has 126 valence electrons. The van der Waals surface area contributed by atoms with Gasteiger partial charge < -0.3 is 10.6 Å². The van der Waals surface area contributed by atoms with E-state index < -0.39 is 0 Å². The zero-order valence-electron chi connectivity index (χ0n) is 14.2. The van der Waals surface area contributed by atoms with Crippen molar-refractivity contribution in [1.82, 2.24) is 5.32 Å². The van der Waals surface area contributed by atoms with Crippen LogP contribution in [0.3, 0.4) is 0 Å². The fourth-order valence-electron chi connectivity index (χ4n) is 3.36. The van der Waals surface area contributed by atoms with E-state index in [-0.39, 0.29) is 23.3 Å². The molecule has 1 amide bonds. The van der Waals surface area contributed by atoms with Gasteiger partial charge in [0.15, 0.2) is 0 Å². The summed E-state index contributed by atoms with van der Waals surface area (Å²) in [6.07, 6.45) is 0.993. The van der Waals surface area contributed by atoms with Crippen LogP contribution in [-0.2, 0) is 17.8 Å². The molecule has 0 spiro atoms. The van der Waals surface area contributed by atoms with E-state index in [0.29, 0.717) is 19.4 Å². The first-order valence-corrected chi connectivity index (χ1v) is 8.42. The molecule has 0 aromatic heterocycles. The number of benzene rings is 2. The van der Waals surface area contributed by atoms with E-state index in [1.165, 1.54) is 5.56 Å². The number of carbonyl (C=O) groups is 1. The Morgan fingerprint density at radius 1 is 1.29 bits per heavy atom. The average molecular weight is 326 g/mol. The van der Waals surface area contributed by atoms with Gasteiger partial charge in [-0.05, 0) is 54.1 Å². The molecule has 4 heteroatoms. The van der Waals surface area contributed by atoms with Gasteiger partial charge in [-0.15, -0.1) is 0 Å². The van der Waals surface area contributed by atoms with E-state index in [0.717, 1.165) is 23.2 Å². The molecule has 2 N–H and O–H groups in total. The minimum absolute atomic E-state index is 0.0936. The third-order valence-corrected chi connectivity index (χ3v) is 4.69. The monoisotopic (exact) mass is 326 g/mol. The summed E-state index contributed by atoms with van der Waals surface area (Å²) in [5.41, 5.74) is 4.32. The lowest BCUT2D eigenvalue weighted by Gasteiger charge is -2.20. The normalized spacial score (nSPS) is 14.8. The van der Waals surface area contributed by atoms with Gasteiger partial charge in [-0.25, -0.2) is 4.39 Å². The molecule has 1 atom stereocenters. The molecule has 1 aliphatic rings. The van der Waals surface area contributed by atoms with E-state index in [1.807, 2.05) is 44.2 Å². The SMILES string of the molecule is Cc1ccccc1C(C)CC(=O)Nc1ccc2c(c1F)CCNC2. The number of nitrogens with one attached hydrogen (secondary N) is 2. The van der Waals surface area contributed by atoms with Gasteiger partial charge in [0.1, 0.15) is 5.82 Å². The van der Waals surface area contributed by atoms with Crippen molar-refractivity contribution in [3.63, 3.8) is 0 Å². The summed E-state index contributed by atoms with van der Waals surface area (Å²) < 4.78 is 14.6. The number of carbonyl (C=O) groups excluding carboxylic acids is 1. The molecule has 0 radical (unpaired) electrons. The molecule has 0 fully saturated rings. The summed E-state index contributed by atoms with van der Waals surface area (Å²) in [7, 11) is 0. The first kappa shape index (κ1) is 16.7. The molecular weight excluding hydrogens is 303 g/mol. The third kappa shape index (κ3) is 3.49.